The number of rotatable bonds is 2. The molecule has 64 valence electrons. The maximum atomic E-state index is 12.0. The van der Waals surface area contributed by atoms with E-state index < -0.39 is 24.2 Å². The Hall–Kier alpha value is -0.670. The number of hydrogen-bond donors (Lipinski definition) is 1. The zero-order chi connectivity index (χ0) is 8.43. The highest BCUT2D eigenvalue weighted by Gasteiger charge is 2.34. The average Bonchev–Trinajstić information content (AvgIpc) is 2.33. The molecule has 0 radical (unpaired) electrons. The van der Waals surface area contributed by atoms with Crippen LogP contribution in [-0.4, -0.2) is 17.5 Å². The fourth-order valence-electron chi connectivity index (χ4n) is 1.47. The molecule has 4 heteroatoms. The molecule has 1 saturated carbocycles. The molecule has 0 aromatic rings. The normalized spacial score (nSPS) is 31.2. The van der Waals surface area contributed by atoms with Crippen molar-refractivity contribution >= 4 is 5.97 Å². The Labute approximate surface area is 63.2 Å². The van der Waals surface area contributed by atoms with Crippen LogP contribution in [0.1, 0.15) is 19.3 Å². The first-order valence-corrected chi connectivity index (χ1v) is 3.62. The molecular weight excluding hydrogens is 154 g/mol. The Morgan fingerprint density at radius 3 is 2.36 bits per heavy atom. The van der Waals surface area contributed by atoms with Crippen molar-refractivity contribution in [2.24, 2.45) is 11.8 Å². The minimum Gasteiger partial charge on any atom is -0.481 e. The third-order valence-electron chi connectivity index (χ3n) is 2.18. The maximum absolute atomic E-state index is 12.0. The lowest BCUT2D eigenvalue weighted by molar-refractivity contribution is -0.141. The highest BCUT2D eigenvalue weighted by atomic mass is 19.3. The van der Waals surface area contributed by atoms with Gasteiger partial charge < -0.3 is 5.11 Å². The molecule has 0 saturated heterocycles. The van der Waals surface area contributed by atoms with Crippen LogP contribution in [0.4, 0.5) is 8.78 Å². The van der Waals surface area contributed by atoms with Gasteiger partial charge in [0.2, 0.25) is 6.43 Å². The fourth-order valence-corrected chi connectivity index (χ4v) is 1.47. The Balaban J connectivity index is 2.41. The van der Waals surface area contributed by atoms with Crippen LogP contribution >= 0.6 is 0 Å². The van der Waals surface area contributed by atoms with Crippen LogP contribution in [0, 0.1) is 11.8 Å². The number of alkyl halides is 2. The SMILES string of the molecule is O=C(O)[C@@H]1CCC(C(F)F)C1. The van der Waals surface area contributed by atoms with Crippen LogP contribution in [0.15, 0.2) is 0 Å². The van der Waals surface area contributed by atoms with Gasteiger partial charge in [-0.1, -0.05) is 0 Å². The topological polar surface area (TPSA) is 37.3 Å². The van der Waals surface area contributed by atoms with Crippen LogP contribution in [0.5, 0.6) is 0 Å². The van der Waals surface area contributed by atoms with Crippen LogP contribution < -0.4 is 0 Å². The van der Waals surface area contributed by atoms with E-state index in [2.05, 4.69) is 0 Å². The molecule has 2 nitrogen and oxygen atoms in total. The summed E-state index contributed by atoms with van der Waals surface area (Å²) < 4.78 is 24.0. The van der Waals surface area contributed by atoms with Crippen LogP contribution in [0.25, 0.3) is 0 Å². The molecule has 0 aliphatic heterocycles. The minimum atomic E-state index is -2.35. The molecule has 1 rings (SSSR count). The highest BCUT2D eigenvalue weighted by molar-refractivity contribution is 5.70. The van der Waals surface area contributed by atoms with Gasteiger partial charge in [-0.15, -0.1) is 0 Å². The maximum Gasteiger partial charge on any atom is 0.306 e. The molecule has 2 atom stereocenters. The number of hydrogen-bond acceptors (Lipinski definition) is 1. The Kier molecular flexibility index (Phi) is 2.42. The quantitative estimate of drug-likeness (QED) is 0.675. The second-order valence-corrected chi connectivity index (χ2v) is 2.94. The van der Waals surface area contributed by atoms with Gasteiger partial charge in [-0.3, -0.25) is 4.79 Å². The highest BCUT2D eigenvalue weighted by Crippen LogP contribution is 2.34. The van der Waals surface area contributed by atoms with E-state index in [1.807, 2.05) is 0 Å². The minimum absolute atomic E-state index is 0.146. The fraction of sp³-hybridized carbons (Fsp3) is 0.857. The lowest BCUT2D eigenvalue weighted by Crippen LogP contribution is -2.12. The molecule has 0 amide bonds. The van der Waals surface area contributed by atoms with E-state index in [9.17, 15) is 13.6 Å². The summed E-state index contributed by atoms with van der Waals surface area (Å²) in [5, 5.41) is 8.47. The standard InChI is InChI=1S/C7H10F2O2/c8-6(9)4-1-2-5(3-4)7(10)11/h4-6H,1-3H2,(H,10,11)/t4?,5-/m1/s1. The van der Waals surface area contributed by atoms with E-state index in [0.29, 0.717) is 12.8 Å². The second kappa shape index (κ2) is 3.15. The zero-order valence-corrected chi connectivity index (χ0v) is 5.96. The molecule has 1 aliphatic rings. The van der Waals surface area contributed by atoms with Gasteiger partial charge in [-0.2, -0.15) is 0 Å². The monoisotopic (exact) mass is 164 g/mol. The summed E-state index contributed by atoms with van der Waals surface area (Å²) in [4.78, 5) is 10.3. The van der Waals surface area contributed by atoms with Gasteiger partial charge in [0.1, 0.15) is 0 Å². The summed E-state index contributed by atoms with van der Waals surface area (Å²) in [6.07, 6.45) is -1.44. The van der Waals surface area contributed by atoms with Gasteiger partial charge in [-0.25, -0.2) is 8.78 Å². The zero-order valence-electron chi connectivity index (χ0n) is 5.96. The van der Waals surface area contributed by atoms with E-state index in [4.69, 9.17) is 5.11 Å². The predicted molar refractivity (Wildman–Crippen MR) is 34.5 cm³/mol. The van der Waals surface area contributed by atoms with Crippen molar-refractivity contribution in [3.05, 3.63) is 0 Å². The van der Waals surface area contributed by atoms with Crippen molar-refractivity contribution in [2.75, 3.05) is 0 Å². The molecule has 0 heterocycles. The number of carboxylic acids is 1. The summed E-state index contributed by atoms with van der Waals surface area (Å²) in [6, 6.07) is 0. The van der Waals surface area contributed by atoms with Crippen molar-refractivity contribution in [3.8, 4) is 0 Å². The van der Waals surface area contributed by atoms with Gasteiger partial charge in [0.15, 0.2) is 0 Å². The second-order valence-electron chi connectivity index (χ2n) is 2.94. The summed E-state index contributed by atoms with van der Waals surface area (Å²) in [5.74, 6) is -2.15. The van der Waals surface area contributed by atoms with E-state index in [-0.39, 0.29) is 6.42 Å². The number of carbonyl (C=O) groups is 1. The lowest BCUT2D eigenvalue weighted by atomic mass is 10.1. The molecule has 1 aliphatic carbocycles. The summed E-state index contributed by atoms with van der Waals surface area (Å²) in [7, 11) is 0. The van der Waals surface area contributed by atoms with E-state index in [0.717, 1.165) is 0 Å². The Bertz CT molecular complexity index is 159. The summed E-state index contributed by atoms with van der Waals surface area (Å²) in [6.45, 7) is 0. The molecule has 1 unspecified atom stereocenters. The van der Waals surface area contributed by atoms with Gasteiger partial charge in [0.05, 0.1) is 5.92 Å². The predicted octanol–water partition coefficient (Wildman–Crippen LogP) is 1.75. The van der Waals surface area contributed by atoms with Crippen molar-refractivity contribution in [1.29, 1.82) is 0 Å². The van der Waals surface area contributed by atoms with Crippen molar-refractivity contribution in [3.63, 3.8) is 0 Å². The number of carboxylic acid groups (broad SMARTS) is 1. The molecule has 1 N–H and O–H groups in total. The molecule has 0 spiro atoms. The summed E-state index contributed by atoms with van der Waals surface area (Å²) >= 11 is 0. The van der Waals surface area contributed by atoms with E-state index in [1.54, 1.807) is 0 Å². The van der Waals surface area contributed by atoms with Gasteiger partial charge in [-0.05, 0) is 19.3 Å². The van der Waals surface area contributed by atoms with Crippen LogP contribution in [-0.2, 0) is 4.79 Å². The molecule has 1 fully saturated rings. The first kappa shape index (κ1) is 8.43. The number of aliphatic carboxylic acids is 1. The first-order chi connectivity index (χ1) is 5.11. The van der Waals surface area contributed by atoms with Gasteiger partial charge >= 0.3 is 5.97 Å². The largest absolute Gasteiger partial charge is 0.481 e. The Morgan fingerprint density at radius 1 is 1.45 bits per heavy atom. The van der Waals surface area contributed by atoms with Crippen molar-refractivity contribution < 1.29 is 18.7 Å². The van der Waals surface area contributed by atoms with E-state index >= 15 is 0 Å². The average molecular weight is 164 g/mol. The van der Waals surface area contributed by atoms with Gasteiger partial charge in [0, 0.05) is 5.92 Å². The summed E-state index contributed by atoms with van der Waals surface area (Å²) in [5.41, 5.74) is 0. The lowest BCUT2D eigenvalue weighted by Gasteiger charge is -2.06. The number of halogens is 2. The molecular formula is C7H10F2O2. The molecule has 0 bridgehead atoms. The smallest absolute Gasteiger partial charge is 0.306 e. The molecule has 11 heavy (non-hydrogen) atoms. The third-order valence-corrected chi connectivity index (χ3v) is 2.18. The van der Waals surface area contributed by atoms with Crippen LogP contribution in [0.2, 0.25) is 0 Å². The van der Waals surface area contributed by atoms with Crippen molar-refractivity contribution in [1.82, 2.24) is 0 Å². The molecule has 0 aromatic heterocycles. The first-order valence-electron chi connectivity index (χ1n) is 3.62. The van der Waals surface area contributed by atoms with Crippen LogP contribution in [0.3, 0.4) is 0 Å². The molecule has 0 aromatic carbocycles. The Morgan fingerprint density at radius 2 is 2.09 bits per heavy atom. The third kappa shape index (κ3) is 1.88. The van der Waals surface area contributed by atoms with Crippen molar-refractivity contribution in [2.45, 2.75) is 25.7 Å². The van der Waals surface area contributed by atoms with E-state index in [1.165, 1.54) is 0 Å². The van der Waals surface area contributed by atoms with Gasteiger partial charge in [0.25, 0.3) is 0 Å².